The van der Waals surface area contributed by atoms with E-state index in [2.05, 4.69) is 10.2 Å². The van der Waals surface area contributed by atoms with Crippen molar-refractivity contribution in [3.8, 4) is 23.0 Å². The second-order valence-electron chi connectivity index (χ2n) is 7.05. The number of halogens is 1. The monoisotopic (exact) mass is 441 g/mol. The summed E-state index contributed by atoms with van der Waals surface area (Å²) in [6.45, 7) is 4.05. The highest BCUT2D eigenvalue weighted by atomic mass is 35.5. The maximum Gasteiger partial charge on any atom is 0.247 e. The zero-order chi connectivity index (χ0) is 22.4. The minimum Gasteiger partial charge on any atom is -0.497 e. The van der Waals surface area contributed by atoms with Gasteiger partial charge < -0.3 is 18.8 Å². The van der Waals surface area contributed by atoms with E-state index in [-0.39, 0.29) is 18.5 Å². The van der Waals surface area contributed by atoms with Crippen molar-refractivity contribution in [2.45, 2.75) is 26.4 Å². The highest BCUT2D eigenvalue weighted by molar-refractivity contribution is 6.30. The molecule has 0 fully saturated rings. The molecule has 0 spiro atoms. The normalized spacial score (nSPS) is 11.2. The molecule has 0 atom stereocenters. The van der Waals surface area contributed by atoms with Crippen molar-refractivity contribution in [1.82, 2.24) is 15.1 Å². The van der Waals surface area contributed by atoms with E-state index < -0.39 is 0 Å². The number of hydrogen-bond acceptors (Lipinski definition) is 6. The molecular formula is C23H24ClN3O4. The summed E-state index contributed by atoms with van der Waals surface area (Å²) in [6, 6.07) is 12.5. The number of amides is 1. The predicted molar refractivity (Wildman–Crippen MR) is 119 cm³/mol. The summed E-state index contributed by atoms with van der Waals surface area (Å²) in [5, 5.41) is 8.78. The van der Waals surface area contributed by atoms with E-state index in [1.165, 1.54) is 6.08 Å². The minimum atomic E-state index is -0.178. The van der Waals surface area contributed by atoms with Gasteiger partial charge in [0.05, 0.1) is 20.8 Å². The molecule has 1 amide bonds. The molecule has 0 aliphatic rings. The highest BCUT2D eigenvalue weighted by Crippen LogP contribution is 2.24. The zero-order valence-corrected chi connectivity index (χ0v) is 18.6. The van der Waals surface area contributed by atoms with E-state index in [0.717, 1.165) is 11.1 Å². The van der Waals surface area contributed by atoms with Crippen molar-refractivity contribution in [3.05, 3.63) is 65.0 Å². The van der Waals surface area contributed by atoms with Gasteiger partial charge in [-0.3, -0.25) is 4.79 Å². The fourth-order valence-corrected chi connectivity index (χ4v) is 3.00. The number of nitrogens with zero attached hydrogens (tertiary/aromatic N) is 3. The summed E-state index contributed by atoms with van der Waals surface area (Å²) in [5.74, 6) is 1.84. The third-order valence-electron chi connectivity index (χ3n) is 4.56. The van der Waals surface area contributed by atoms with Crippen LogP contribution in [0.25, 0.3) is 17.5 Å². The molecule has 1 aromatic heterocycles. The maximum atomic E-state index is 12.9. The molecule has 0 aliphatic heterocycles. The quantitative estimate of drug-likeness (QED) is 0.464. The van der Waals surface area contributed by atoms with Gasteiger partial charge in [0.1, 0.15) is 11.5 Å². The fraction of sp³-hybridized carbons (Fsp3) is 0.261. The van der Waals surface area contributed by atoms with Crippen molar-refractivity contribution >= 4 is 23.6 Å². The molecule has 2 aromatic carbocycles. The summed E-state index contributed by atoms with van der Waals surface area (Å²) >= 11 is 5.92. The first-order valence-electron chi connectivity index (χ1n) is 9.69. The molecule has 0 unspecified atom stereocenters. The van der Waals surface area contributed by atoms with Gasteiger partial charge in [-0.25, -0.2) is 0 Å². The lowest BCUT2D eigenvalue weighted by molar-refractivity contribution is -0.128. The van der Waals surface area contributed by atoms with Crippen LogP contribution in [0.3, 0.4) is 0 Å². The number of rotatable bonds is 8. The van der Waals surface area contributed by atoms with Crippen molar-refractivity contribution in [1.29, 1.82) is 0 Å². The molecule has 7 nitrogen and oxygen atoms in total. The van der Waals surface area contributed by atoms with Crippen LogP contribution in [0.15, 0.2) is 53.0 Å². The molecule has 3 aromatic rings. The lowest BCUT2D eigenvalue weighted by Gasteiger charge is -2.23. The Bertz CT molecular complexity index is 1040. The molecule has 0 bridgehead atoms. The first-order valence-corrected chi connectivity index (χ1v) is 10.1. The fourth-order valence-electron chi connectivity index (χ4n) is 2.88. The summed E-state index contributed by atoms with van der Waals surface area (Å²) in [4.78, 5) is 14.5. The number of hydrogen-bond donors (Lipinski definition) is 0. The van der Waals surface area contributed by atoms with Crippen molar-refractivity contribution in [3.63, 3.8) is 0 Å². The van der Waals surface area contributed by atoms with Crippen molar-refractivity contribution < 1.29 is 18.7 Å². The topological polar surface area (TPSA) is 77.7 Å². The van der Waals surface area contributed by atoms with Gasteiger partial charge in [-0.05, 0) is 61.9 Å². The van der Waals surface area contributed by atoms with E-state index in [1.54, 1.807) is 55.5 Å². The van der Waals surface area contributed by atoms with E-state index in [1.807, 2.05) is 26.0 Å². The molecule has 0 N–H and O–H groups in total. The van der Waals surface area contributed by atoms with Crippen LogP contribution in [0.5, 0.6) is 11.5 Å². The smallest absolute Gasteiger partial charge is 0.247 e. The Kier molecular flexibility index (Phi) is 7.31. The molecule has 31 heavy (non-hydrogen) atoms. The first kappa shape index (κ1) is 22.4. The lowest BCUT2D eigenvalue weighted by Crippen LogP contribution is -2.35. The van der Waals surface area contributed by atoms with Crippen LogP contribution in [-0.2, 0) is 11.3 Å². The average Bonchev–Trinajstić information content (AvgIpc) is 3.24. The van der Waals surface area contributed by atoms with Gasteiger partial charge in [-0.15, -0.1) is 10.2 Å². The van der Waals surface area contributed by atoms with E-state index in [9.17, 15) is 4.79 Å². The second kappa shape index (κ2) is 10.1. The molecular weight excluding hydrogens is 418 g/mol. The second-order valence-corrected chi connectivity index (χ2v) is 7.48. The summed E-state index contributed by atoms with van der Waals surface area (Å²) in [7, 11) is 3.16. The standard InChI is InChI=1S/C23H24ClN3O4/c1-15(2)27(14-21-25-26-23(31-21)17-6-8-18(24)9-7-17)22(28)10-5-16-11-19(29-3)13-20(12-16)30-4/h5-13,15H,14H2,1-4H3/b10-5+. The van der Waals surface area contributed by atoms with Gasteiger partial charge in [0, 0.05) is 28.8 Å². The maximum absolute atomic E-state index is 12.9. The number of aromatic nitrogens is 2. The van der Waals surface area contributed by atoms with Gasteiger partial charge in [-0.1, -0.05) is 11.6 Å². The number of carbonyl (C=O) groups excluding carboxylic acids is 1. The van der Waals surface area contributed by atoms with Gasteiger partial charge in [0.25, 0.3) is 0 Å². The van der Waals surface area contributed by atoms with E-state index in [0.29, 0.717) is 28.3 Å². The third kappa shape index (κ3) is 5.86. The molecule has 8 heteroatoms. The van der Waals surface area contributed by atoms with Crippen LogP contribution in [0.4, 0.5) is 0 Å². The van der Waals surface area contributed by atoms with Crippen LogP contribution in [0.1, 0.15) is 25.3 Å². The largest absolute Gasteiger partial charge is 0.497 e. The average molecular weight is 442 g/mol. The summed E-state index contributed by atoms with van der Waals surface area (Å²) in [5.41, 5.74) is 1.55. The molecule has 1 heterocycles. The summed E-state index contributed by atoms with van der Waals surface area (Å²) in [6.07, 6.45) is 3.22. The molecule has 162 valence electrons. The molecule has 0 saturated heterocycles. The Balaban J connectivity index is 1.74. The molecule has 0 aliphatic carbocycles. The lowest BCUT2D eigenvalue weighted by atomic mass is 10.1. The minimum absolute atomic E-state index is 0.0668. The van der Waals surface area contributed by atoms with E-state index in [4.69, 9.17) is 25.5 Å². The number of methoxy groups -OCH3 is 2. The summed E-state index contributed by atoms with van der Waals surface area (Å²) < 4.78 is 16.3. The molecule has 0 radical (unpaired) electrons. The van der Waals surface area contributed by atoms with E-state index >= 15 is 0 Å². The number of ether oxygens (including phenoxy) is 2. The number of carbonyl (C=O) groups is 1. The van der Waals surface area contributed by atoms with Crippen LogP contribution in [0.2, 0.25) is 5.02 Å². The van der Waals surface area contributed by atoms with Crippen LogP contribution in [-0.4, -0.2) is 41.3 Å². The SMILES string of the molecule is COc1cc(/C=C/C(=O)N(Cc2nnc(-c3ccc(Cl)cc3)o2)C(C)C)cc(OC)c1. The van der Waals surface area contributed by atoms with Gasteiger partial charge >= 0.3 is 0 Å². The van der Waals surface area contributed by atoms with Gasteiger partial charge in [0.15, 0.2) is 0 Å². The van der Waals surface area contributed by atoms with Gasteiger partial charge in [0.2, 0.25) is 17.7 Å². The van der Waals surface area contributed by atoms with Crippen LogP contribution in [0, 0.1) is 0 Å². The van der Waals surface area contributed by atoms with Gasteiger partial charge in [-0.2, -0.15) is 0 Å². The Morgan fingerprint density at radius 2 is 1.74 bits per heavy atom. The predicted octanol–water partition coefficient (Wildman–Crippen LogP) is 4.86. The van der Waals surface area contributed by atoms with Crippen LogP contribution < -0.4 is 9.47 Å². The van der Waals surface area contributed by atoms with Crippen molar-refractivity contribution in [2.24, 2.45) is 0 Å². The zero-order valence-electron chi connectivity index (χ0n) is 17.8. The Morgan fingerprint density at radius 1 is 1.10 bits per heavy atom. The first-order chi connectivity index (χ1) is 14.9. The molecule has 3 rings (SSSR count). The van der Waals surface area contributed by atoms with Crippen molar-refractivity contribution in [2.75, 3.05) is 14.2 Å². The highest BCUT2D eigenvalue weighted by Gasteiger charge is 2.19. The Morgan fingerprint density at radius 3 is 2.32 bits per heavy atom. The third-order valence-corrected chi connectivity index (χ3v) is 4.81. The van der Waals surface area contributed by atoms with Crippen LogP contribution >= 0.6 is 11.6 Å². The Labute approximate surface area is 186 Å². The molecule has 0 saturated carbocycles. The Hall–Kier alpha value is -3.32. The number of benzene rings is 2.